The molecule has 1 saturated heterocycles. The normalized spacial score (nSPS) is 19.6. The average Bonchev–Trinajstić information content (AvgIpc) is 2.74. The van der Waals surface area contributed by atoms with Crippen LogP contribution in [-0.4, -0.2) is 30.8 Å². The molecule has 0 spiro atoms. The molecule has 1 heterocycles. The van der Waals surface area contributed by atoms with Gasteiger partial charge in [-0.25, -0.2) is 0 Å². The highest BCUT2D eigenvalue weighted by Crippen LogP contribution is 2.31. The van der Waals surface area contributed by atoms with E-state index in [4.69, 9.17) is 11.6 Å². The Morgan fingerprint density at radius 2 is 2.19 bits per heavy atom. The summed E-state index contributed by atoms with van der Waals surface area (Å²) in [4.78, 5) is 2.36. The second-order valence-corrected chi connectivity index (χ2v) is 6.20. The van der Waals surface area contributed by atoms with Gasteiger partial charge in [-0.05, 0) is 37.9 Å². The Kier molecular flexibility index (Phi) is 6.81. The van der Waals surface area contributed by atoms with Gasteiger partial charge in [0.25, 0.3) is 0 Å². The molecule has 0 amide bonds. The van der Waals surface area contributed by atoms with Crippen molar-refractivity contribution in [1.82, 2.24) is 5.32 Å². The molecule has 1 fully saturated rings. The number of aliphatic hydroxyl groups is 1. The van der Waals surface area contributed by atoms with Crippen molar-refractivity contribution in [3.8, 4) is 0 Å². The molecule has 2 N–H and O–H groups in total. The summed E-state index contributed by atoms with van der Waals surface area (Å²) in [7, 11) is 0. The first-order chi connectivity index (χ1) is 10.3. The molecular weight excluding hydrogens is 284 g/mol. The molecule has 1 atom stereocenters. The van der Waals surface area contributed by atoms with Gasteiger partial charge in [0.15, 0.2) is 0 Å². The van der Waals surface area contributed by atoms with E-state index < -0.39 is 0 Å². The lowest BCUT2D eigenvalue weighted by atomic mass is 10.1. The Bertz CT molecular complexity index is 439. The van der Waals surface area contributed by atoms with Crippen molar-refractivity contribution in [2.75, 3.05) is 24.6 Å². The smallest absolute Gasteiger partial charge is 0.0635 e. The second kappa shape index (κ2) is 8.62. The van der Waals surface area contributed by atoms with Gasteiger partial charge in [-0.1, -0.05) is 37.4 Å². The predicted octanol–water partition coefficient (Wildman–Crippen LogP) is 3.58. The molecule has 1 unspecified atom stereocenters. The SMILES string of the molecule is CCCNCc1c(Cl)cccc1N1CCCCCC1CO. The molecular formula is C17H27ClN2O. The standard InChI is InChI=1S/C17H27ClN2O/c1-2-10-19-12-15-16(18)8-6-9-17(15)20-11-5-3-4-7-14(20)13-21/h6,8-9,14,19,21H,2-5,7,10-13H2,1H3. The van der Waals surface area contributed by atoms with Gasteiger partial charge < -0.3 is 15.3 Å². The van der Waals surface area contributed by atoms with E-state index in [2.05, 4.69) is 23.2 Å². The third-order valence-electron chi connectivity index (χ3n) is 4.22. The van der Waals surface area contributed by atoms with E-state index in [1.807, 2.05) is 12.1 Å². The van der Waals surface area contributed by atoms with Gasteiger partial charge in [-0.15, -0.1) is 0 Å². The monoisotopic (exact) mass is 310 g/mol. The van der Waals surface area contributed by atoms with E-state index in [1.165, 1.54) is 24.9 Å². The van der Waals surface area contributed by atoms with Crippen molar-refractivity contribution in [1.29, 1.82) is 0 Å². The molecule has 3 nitrogen and oxygen atoms in total. The van der Waals surface area contributed by atoms with Crippen molar-refractivity contribution in [2.45, 2.75) is 51.6 Å². The van der Waals surface area contributed by atoms with Gasteiger partial charge in [0.05, 0.1) is 12.6 Å². The fourth-order valence-corrected chi connectivity index (χ4v) is 3.30. The van der Waals surface area contributed by atoms with Crippen LogP contribution in [0.5, 0.6) is 0 Å². The van der Waals surface area contributed by atoms with Gasteiger partial charge >= 0.3 is 0 Å². The quantitative estimate of drug-likeness (QED) is 0.788. The highest BCUT2D eigenvalue weighted by atomic mass is 35.5. The number of benzene rings is 1. The van der Waals surface area contributed by atoms with E-state index >= 15 is 0 Å². The van der Waals surface area contributed by atoms with Crippen LogP contribution in [0.4, 0.5) is 5.69 Å². The van der Waals surface area contributed by atoms with Crippen LogP contribution in [0.15, 0.2) is 18.2 Å². The molecule has 1 aliphatic heterocycles. The Labute approximate surface area is 133 Å². The van der Waals surface area contributed by atoms with Crippen LogP contribution < -0.4 is 10.2 Å². The highest BCUT2D eigenvalue weighted by Gasteiger charge is 2.23. The summed E-state index contributed by atoms with van der Waals surface area (Å²) in [6.45, 7) is 5.17. The molecule has 0 bridgehead atoms. The number of nitrogens with zero attached hydrogens (tertiary/aromatic N) is 1. The van der Waals surface area contributed by atoms with Crippen molar-refractivity contribution in [3.05, 3.63) is 28.8 Å². The van der Waals surface area contributed by atoms with Crippen molar-refractivity contribution in [3.63, 3.8) is 0 Å². The van der Waals surface area contributed by atoms with Crippen LogP contribution in [0, 0.1) is 0 Å². The highest BCUT2D eigenvalue weighted by molar-refractivity contribution is 6.31. The van der Waals surface area contributed by atoms with Crippen molar-refractivity contribution < 1.29 is 5.11 Å². The van der Waals surface area contributed by atoms with E-state index in [9.17, 15) is 5.11 Å². The van der Waals surface area contributed by atoms with Gasteiger partial charge in [-0.3, -0.25) is 0 Å². The molecule has 1 aromatic carbocycles. The van der Waals surface area contributed by atoms with E-state index in [0.29, 0.717) is 0 Å². The summed E-state index contributed by atoms with van der Waals surface area (Å²) < 4.78 is 0. The maximum Gasteiger partial charge on any atom is 0.0635 e. The fourth-order valence-electron chi connectivity index (χ4n) is 3.07. The minimum atomic E-state index is 0.217. The largest absolute Gasteiger partial charge is 0.394 e. The minimum Gasteiger partial charge on any atom is -0.394 e. The van der Waals surface area contributed by atoms with Gasteiger partial charge in [0.1, 0.15) is 0 Å². The first-order valence-corrected chi connectivity index (χ1v) is 8.51. The number of halogens is 1. The number of anilines is 1. The zero-order valence-corrected chi connectivity index (χ0v) is 13.7. The predicted molar refractivity (Wildman–Crippen MR) is 90.1 cm³/mol. The maximum atomic E-state index is 9.73. The molecule has 1 aliphatic rings. The number of nitrogens with one attached hydrogen (secondary N) is 1. The number of hydrogen-bond acceptors (Lipinski definition) is 3. The zero-order valence-electron chi connectivity index (χ0n) is 12.9. The fraction of sp³-hybridized carbons (Fsp3) is 0.647. The lowest BCUT2D eigenvalue weighted by Crippen LogP contribution is -2.38. The Morgan fingerprint density at radius 3 is 2.95 bits per heavy atom. The van der Waals surface area contributed by atoms with E-state index in [-0.39, 0.29) is 12.6 Å². The van der Waals surface area contributed by atoms with Crippen LogP contribution in [0.3, 0.4) is 0 Å². The Morgan fingerprint density at radius 1 is 1.33 bits per heavy atom. The van der Waals surface area contributed by atoms with Crippen molar-refractivity contribution >= 4 is 17.3 Å². The molecule has 2 rings (SSSR count). The molecule has 21 heavy (non-hydrogen) atoms. The van der Waals surface area contributed by atoms with Gasteiger partial charge in [-0.2, -0.15) is 0 Å². The average molecular weight is 311 g/mol. The summed E-state index contributed by atoms with van der Waals surface area (Å²) in [6, 6.07) is 6.33. The number of rotatable bonds is 6. The maximum absolute atomic E-state index is 9.73. The lowest BCUT2D eigenvalue weighted by molar-refractivity contribution is 0.255. The van der Waals surface area contributed by atoms with Crippen LogP contribution >= 0.6 is 11.6 Å². The summed E-state index contributed by atoms with van der Waals surface area (Å²) in [5.41, 5.74) is 2.35. The third-order valence-corrected chi connectivity index (χ3v) is 4.57. The number of hydrogen-bond donors (Lipinski definition) is 2. The summed E-state index contributed by atoms with van der Waals surface area (Å²) in [6.07, 6.45) is 5.81. The molecule has 0 aliphatic carbocycles. The molecule has 0 radical (unpaired) electrons. The zero-order chi connectivity index (χ0) is 15.1. The molecule has 0 saturated carbocycles. The van der Waals surface area contributed by atoms with E-state index in [0.717, 1.165) is 43.1 Å². The molecule has 118 valence electrons. The van der Waals surface area contributed by atoms with Gasteiger partial charge in [0, 0.05) is 29.4 Å². The Hall–Kier alpha value is -0.770. The molecule has 1 aromatic rings. The molecule has 4 heteroatoms. The molecule has 0 aromatic heterocycles. The van der Waals surface area contributed by atoms with Crippen molar-refractivity contribution in [2.24, 2.45) is 0 Å². The third kappa shape index (κ3) is 4.35. The second-order valence-electron chi connectivity index (χ2n) is 5.79. The first-order valence-electron chi connectivity index (χ1n) is 8.13. The number of aliphatic hydroxyl groups excluding tert-OH is 1. The van der Waals surface area contributed by atoms with E-state index in [1.54, 1.807) is 0 Å². The lowest BCUT2D eigenvalue weighted by Gasteiger charge is -2.33. The first kappa shape index (κ1) is 16.6. The van der Waals surface area contributed by atoms with Crippen LogP contribution in [0.1, 0.15) is 44.6 Å². The van der Waals surface area contributed by atoms with Crippen LogP contribution in [-0.2, 0) is 6.54 Å². The summed E-state index contributed by atoms with van der Waals surface area (Å²) in [5, 5.41) is 14.0. The topological polar surface area (TPSA) is 35.5 Å². The summed E-state index contributed by atoms with van der Waals surface area (Å²) >= 11 is 6.43. The Balaban J connectivity index is 2.25. The van der Waals surface area contributed by atoms with Gasteiger partial charge in [0.2, 0.25) is 0 Å². The van der Waals surface area contributed by atoms with Crippen LogP contribution in [0.25, 0.3) is 0 Å². The summed E-state index contributed by atoms with van der Waals surface area (Å²) in [5.74, 6) is 0. The minimum absolute atomic E-state index is 0.217. The van der Waals surface area contributed by atoms with Crippen LogP contribution in [0.2, 0.25) is 5.02 Å².